The Morgan fingerprint density at radius 3 is 2.50 bits per heavy atom. The van der Waals surface area contributed by atoms with Gasteiger partial charge in [-0.2, -0.15) is 0 Å². The summed E-state index contributed by atoms with van der Waals surface area (Å²) in [4.78, 5) is 31.1. The van der Waals surface area contributed by atoms with Gasteiger partial charge in [0.1, 0.15) is 11.7 Å². The first kappa shape index (κ1) is 18.3. The molecular weight excluding hydrogens is 350 g/mol. The van der Waals surface area contributed by atoms with E-state index in [4.69, 9.17) is 0 Å². The molecule has 1 fully saturated rings. The fourth-order valence-electron chi connectivity index (χ4n) is 4.15. The van der Waals surface area contributed by atoms with Gasteiger partial charge in [-0.05, 0) is 43.0 Å². The Morgan fingerprint density at radius 2 is 1.79 bits per heavy atom. The van der Waals surface area contributed by atoms with Crippen molar-refractivity contribution in [1.82, 2.24) is 15.2 Å². The molecule has 5 nitrogen and oxygen atoms in total. The number of carbonyl (C=O) groups excluding carboxylic acids is 2. The van der Waals surface area contributed by atoms with E-state index in [0.717, 1.165) is 33.2 Å². The van der Waals surface area contributed by atoms with Crippen molar-refractivity contribution in [3.8, 4) is 0 Å². The minimum atomic E-state index is -0.503. The zero-order chi connectivity index (χ0) is 19.8. The van der Waals surface area contributed by atoms with Crippen LogP contribution in [-0.4, -0.2) is 40.8 Å². The molecule has 1 aromatic heterocycles. The molecule has 3 aromatic rings. The molecule has 2 amide bonds. The molecule has 2 N–H and O–H groups in total. The molecule has 2 heterocycles. The van der Waals surface area contributed by atoms with Gasteiger partial charge in [0, 0.05) is 30.4 Å². The highest BCUT2D eigenvalue weighted by molar-refractivity contribution is 6.04. The summed E-state index contributed by atoms with van der Waals surface area (Å²) >= 11 is 0. The molecule has 144 valence electrons. The lowest BCUT2D eigenvalue weighted by Crippen LogP contribution is -2.58. The lowest BCUT2D eigenvalue weighted by molar-refractivity contribution is -0.127. The Hall–Kier alpha value is -3.08. The Labute approximate surface area is 164 Å². The summed E-state index contributed by atoms with van der Waals surface area (Å²) < 4.78 is 0. The summed E-state index contributed by atoms with van der Waals surface area (Å²) in [5.41, 5.74) is 5.83. The van der Waals surface area contributed by atoms with Gasteiger partial charge in [0.15, 0.2) is 0 Å². The van der Waals surface area contributed by atoms with E-state index in [1.807, 2.05) is 44.2 Å². The summed E-state index contributed by atoms with van der Waals surface area (Å²) in [6, 6.07) is 13.5. The summed E-state index contributed by atoms with van der Waals surface area (Å²) in [6.45, 7) is 7.07. The third kappa shape index (κ3) is 3.07. The first-order chi connectivity index (χ1) is 13.5. The van der Waals surface area contributed by atoms with Crippen LogP contribution < -0.4 is 5.32 Å². The van der Waals surface area contributed by atoms with Crippen molar-refractivity contribution in [1.29, 1.82) is 0 Å². The molecule has 0 radical (unpaired) electrons. The average molecular weight is 375 g/mol. The molecule has 1 saturated heterocycles. The number of nitrogens with one attached hydrogen (secondary N) is 2. The number of piperazine rings is 1. The predicted octanol–water partition coefficient (Wildman–Crippen LogP) is 3.28. The standard InChI is InChI=1S/C23H25N3O2/c1-14-9-10-15(2)20-19(14)16(3)21(25-20)23(28)26-12-11-24-22(27)18(26)13-17-7-5-4-6-8-17/h4-10,18,25H,11-13H2,1-3H3,(H,24,27)/t18-/m1/s1. The van der Waals surface area contributed by atoms with Crippen LogP contribution in [0.4, 0.5) is 0 Å². The van der Waals surface area contributed by atoms with Gasteiger partial charge in [-0.3, -0.25) is 9.59 Å². The quantitative estimate of drug-likeness (QED) is 0.738. The van der Waals surface area contributed by atoms with E-state index < -0.39 is 6.04 Å². The molecule has 0 bridgehead atoms. The highest BCUT2D eigenvalue weighted by atomic mass is 16.2. The maximum Gasteiger partial charge on any atom is 0.271 e. The number of aromatic amines is 1. The number of carbonyl (C=O) groups is 2. The number of benzene rings is 2. The fourth-order valence-corrected chi connectivity index (χ4v) is 4.15. The van der Waals surface area contributed by atoms with Crippen molar-refractivity contribution in [3.63, 3.8) is 0 Å². The number of fused-ring (bicyclic) bond motifs is 1. The molecule has 1 aliphatic rings. The smallest absolute Gasteiger partial charge is 0.271 e. The van der Waals surface area contributed by atoms with E-state index >= 15 is 0 Å². The lowest BCUT2D eigenvalue weighted by atomic mass is 10.0. The van der Waals surface area contributed by atoms with Crippen molar-refractivity contribution >= 4 is 22.7 Å². The van der Waals surface area contributed by atoms with Crippen LogP contribution >= 0.6 is 0 Å². The van der Waals surface area contributed by atoms with Crippen LogP contribution in [0.2, 0.25) is 0 Å². The molecule has 1 atom stereocenters. The van der Waals surface area contributed by atoms with E-state index in [2.05, 4.69) is 29.4 Å². The maximum atomic E-state index is 13.5. The van der Waals surface area contributed by atoms with Gasteiger partial charge in [-0.1, -0.05) is 42.5 Å². The predicted molar refractivity (Wildman–Crippen MR) is 110 cm³/mol. The van der Waals surface area contributed by atoms with Crippen molar-refractivity contribution in [2.75, 3.05) is 13.1 Å². The van der Waals surface area contributed by atoms with Crippen LogP contribution in [0.3, 0.4) is 0 Å². The van der Waals surface area contributed by atoms with Crippen molar-refractivity contribution in [3.05, 3.63) is 70.4 Å². The number of hydrogen-bond donors (Lipinski definition) is 2. The Balaban J connectivity index is 1.72. The van der Waals surface area contributed by atoms with Crippen LogP contribution in [0, 0.1) is 20.8 Å². The van der Waals surface area contributed by atoms with E-state index in [1.165, 1.54) is 0 Å². The van der Waals surface area contributed by atoms with E-state index in [0.29, 0.717) is 25.2 Å². The summed E-state index contributed by atoms with van der Waals surface area (Å²) in [5, 5.41) is 4.01. The Bertz CT molecular complexity index is 1050. The second-order valence-corrected chi connectivity index (χ2v) is 7.57. The van der Waals surface area contributed by atoms with Crippen molar-refractivity contribution < 1.29 is 9.59 Å². The largest absolute Gasteiger partial charge is 0.353 e. The first-order valence-corrected chi connectivity index (χ1v) is 9.68. The third-order valence-electron chi connectivity index (χ3n) is 5.70. The topological polar surface area (TPSA) is 65.2 Å². The second kappa shape index (κ2) is 7.15. The average Bonchev–Trinajstić information content (AvgIpc) is 3.05. The molecule has 0 unspecified atom stereocenters. The van der Waals surface area contributed by atoms with Crippen LogP contribution in [0.25, 0.3) is 10.9 Å². The molecule has 1 aliphatic heterocycles. The first-order valence-electron chi connectivity index (χ1n) is 9.68. The van der Waals surface area contributed by atoms with Gasteiger partial charge in [0.2, 0.25) is 5.91 Å². The van der Waals surface area contributed by atoms with E-state index in [1.54, 1.807) is 4.90 Å². The monoisotopic (exact) mass is 375 g/mol. The van der Waals surface area contributed by atoms with Crippen LogP contribution in [0.15, 0.2) is 42.5 Å². The SMILES string of the molecule is Cc1ccc(C)c2c(C)c(C(=O)N3CCNC(=O)[C@H]3Cc3ccccc3)[nH]c12. The molecule has 2 aromatic carbocycles. The minimum Gasteiger partial charge on any atom is -0.353 e. The molecule has 5 heteroatoms. The van der Waals surface area contributed by atoms with Gasteiger partial charge in [-0.15, -0.1) is 0 Å². The van der Waals surface area contributed by atoms with Crippen molar-refractivity contribution in [2.45, 2.75) is 33.2 Å². The Kier molecular flexibility index (Phi) is 4.67. The summed E-state index contributed by atoms with van der Waals surface area (Å²) in [6.07, 6.45) is 0.510. The number of aromatic nitrogens is 1. The normalized spacial score (nSPS) is 17.0. The number of hydrogen-bond acceptors (Lipinski definition) is 2. The molecule has 0 spiro atoms. The number of H-pyrrole nitrogens is 1. The van der Waals surface area contributed by atoms with Crippen molar-refractivity contribution in [2.24, 2.45) is 0 Å². The number of rotatable bonds is 3. The number of aryl methyl sites for hydroxylation is 3. The summed E-state index contributed by atoms with van der Waals surface area (Å²) in [5.74, 6) is -0.201. The van der Waals surface area contributed by atoms with E-state index in [9.17, 15) is 9.59 Å². The molecule has 28 heavy (non-hydrogen) atoms. The van der Waals surface area contributed by atoms with Gasteiger partial charge in [-0.25, -0.2) is 0 Å². The van der Waals surface area contributed by atoms with Gasteiger partial charge < -0.3 is 15.2 Å². The maximum absolute atomic E-state index is 13.5. The zero-order valence-corrected chi connectivity index (χ0v) is 16.5. The van der Waals surface area contributed by atoms with Crippen LogP contribution in [-0.2, 0) is 11.2 Å². The third-order valence-corrected chi connectivity index (χ3v) is 5.70. The number of nitrogens with zero attached hydrogens (tertiary/aromatic N) is 1. The van der Waals surface area contributed by atoms with E-state index in [-0.39, 0.29) is 11.8 Å². The van der Waals surface area contributed by atoms with Gasteiger partial charge >= 0.3 is 0 Å². The molecule has 4 rings (SSSR count). The Morgan fingerprint density at radius 1 is 1.07 bits per heavy atom. The van der Waals surface area contributed by atoms with Crippen LogP contribution in [0.5, 0.6) is 0 Å². The lowest BCUT2D eigenvalue weighted by Gasteiger charge is -2.35. The highest BCUT2D eigenvalue weighted by Crippen LogP contribution is 2.29. The molecular formula is C23H25N3O2. The number of amides is 2. The van der Waals surface area contributed by atoms with Gasteiger partial charge in [0.25, 0.3) is 5.91 Å². The molecule has 0 saturated carbocycles. The van der Waals surface area contributed by atoms with Crippen LogP contribution in [0.1, 0.15) is 32.7 Å². The second-order valence-electron chi connectivity index (χ2n) is 7.57. The summed E-state index contributed by atoms with van der Waals surface area (Å²) in [7, 11) is 0. The highest BCUT2D eigenvalue weighted by Gasteiger charge is 2.35. The minimum absolute atomic E-state index is 0.0930. The molecule has 0 aliphatic carbocycles. The fraction of sp³-hybridized carbons (Fsp3) is 0.304. The van der Waals surface area contributed by atoms with Gasteiger partial charge in [0.05, 0.1) is 0 Å². The zero-order valence-electron chi connectivity index (χ0n) is 16.5.